The van der Waals surface area contributed by atoms with E-state index < -0.39 is 27.3 Å². The average Bonchev–Trinajstić information content (AvgIpc) is 2.86. The minimum atomic E-state index is -4.00. The van der Waals surface area contributed by atoms with Gasteiger partial charge in [0.2, 0.25) is 10.0 Å². The van der Waals surface area contributed by atoms with Crippen molar-refractivity contribution in [1.29, 1.82) is 0 Å². The first-order valence-electron chi connectivity index (χ1n) is 11.1. The molecule has 0 aliphatic carbocycles. The molecule has 0 unspecified atom stereocenters. The highest BCUT2D eigenvalue weighted by Crippen LogP contribution is 2.27. The molecule has 1 saturated heterocycles. The van der Waals surface area contributed by atoms with Crippen LogP contribution in [0.3, 0.4) is 0 Å². The van der Waals surface area contributed by atoms with Gasteiger partial charge in [0.15, 0.2) is 0 Å². The quantitative estimate of drug-likeness (QED) is 0.527. The molecule has 1 fully saturated rings. The van der Waals surface area contributed by atoms with Crippen molar-refractivity contribution in [2.24, 2.45) is 0 Å². The summed E-state index contributed by atoms with van der Waals surface area (Å²) < 4.78 is 61.8. The van der Waals surface area contributed by atoms with E-state index in [1.54, 1.807) is 54.3 Å². The fourth-order valence-electron chi connectivity index (χ4n) is 3.91. The Morgan fingerprint density at radius 2 is 1.63 bits per heavy atom. The van der Waals surface area contributed by atoms with Gasteiger partial charge in [-0.15, -0.1) is 0 Å². The molecule has 0 spiro atoms. The standard InChI is InChI=1S/C25H25F2N3O4S/c1-2-34-24-10-6-4-8-22(24)28-25(31)19-17-18(11-12-20(19)26)35(32,33)30-15-13-29(14-16-30)23-9-5-3-7-21(23)27/h3-12,17H,2,13-16H2,1H3,(H,28,31). The van der Waals surface area contributed by atoms with Gasteiger partial charge in [-0.05, 0) is 49.4 Å². The minimum absolute atomic E-state index is 0.122. The summed E-state index contributed by atoms with van der Waals surface area (Å²) >= 11 is 0. The van der Waals surface area contributed by atoms with E-state index in [-0.39, 0.29) is 23.8 Å². The maximum atomic E-state index is 14.5. The zero-order valence-electron chi connectivity index (χ0n) is 19.1. The molecule has 1 amide bonds. The highest BCUT2D eigenvalue weighted by molar-refractivity contribution is 7.89. The summed E-state index contributed by atoms with van der Waals surface area (Å²) in [5.74, 6) is -1.60. The second-order valence-electron chi connectivity index (χ2n) is 7.87. The number of ether oxygens (including phenoxy) is 1. The highest BCUT2D eigenvalue weighted by atomic mass is 32.2. The van der Waals surface area contributed by atoms with Gasteiger partial charge in [-0.3, -0.25) is 4.79 Å². The lowest BCUT2D eigenvalue weighted by Crippen LogP contribution is -2.48. The van der Waals surface area contributed by atoms with Crippen LogP contribution in [0.4, 0.5) is 20.2 Å². The van der Waals surface area contributed by atoms with Gasteiger partial charge in [-0.25, -0.2) is 17.2 Å². The van der Waals surface area contributed by atoms with Crippen molar-refractivity contribution in [2.75, 3.05) is 43.0 Å². The second kappa shape index (κ2) is 10.4. The molecule has 0 saturated carbocycles. The van der Waals surface area contributed by atoms with Crippen LogP contribution in [0.5, 0.6) is 5.75 Å². The van der Waals surface area contributed by atoms with Gasteiger partial charge in [0, 0.05) is 26.2 Å². The van der Waals surface area contributed by atoms with Crippen molar-refractivity contribution in [3.8, 4) is 5.75 Å². The molecular weight excluding hydrogens is 476 g/mol. The number of sulfonamides is 1. The van der Waals surface area contributed by atoms with Crippen LogP contribution in [-0.4, -0.2) is 51.4 Å². The number of hydrogen-bond acceptors (Lipinski definition) is 5. The van der Waals surface area contributed by atoms with Gasteiger partial charge in [-0.2, -0.15) is 4.31 Å². The summed E-state index contributed by atoms with van der Waals surface area (Å²) in [4.78, 5) is 14.4. The number of carbonyl (C=O) groups excluding carboxylic acids is 1. The first-order chi connectivity index (χ1) is 16.8. The molecule has 7 nitrogen and oxygen atoms in total. The Labute approximate surface area is 203 Å². The van der Waals surface area contributed by atoms with E-state index in [1.165, 1.54) is 10.4 Å². The predicted octanol–water partition coefficient (Wildman–Crippen LogP) is 4.13. The Bertz CT molecular complexity index is 1330. The maximum absolute atomic E-state index is 14.5. The van der Waals surface area contributed by atoms with E-state index >= 15 is 0 Å². The van der Waals surface area contributed by atoms with Crippen LogP contribution in [0.1, 0.15) is 17.3 Å². The van der Waals surface area contributed by atoms with E-state index in [0.29, 0.717) is 36.8 Å². The van der Waals surface area contributed by atoms with Gasteiger partial charge < -0.3 is 15.0 Å². The zero-order chi connectivity index (χ0) is 25.0. The molecule has 0 aromatic heterocycles. The van der Waals surface area contributed by atoms with Gasteiger partial charge in [0.25, 0.3) is 5.91 Å². The largest absolute Gasteiger partial charge is 0.492 e. The molecule has 1 heterocycles. The fourth-order valence-corrected chi connectivity index (χ4v) is 5.36. The number of piperazine rings is 1. The number of rotatable bonds is 7. The number of anilines is 2. The molecule has 35 heavy (non-hydrogen) atoms. The van der Waals surface area contributed by atoms with E-state index in [2.05, 4.69) is 5.32 Å². The van der Waals surface area contributed by atoms with Crippen molar-refractivity contribution in [2.45, 2.75) is 11.8 Å². The molecule has 10 heteroatoms. The van der Waals surface area contributed by atoms with Crippen LogP contribution < -0.4 is 15.0 Å². The predicted molar refractivity (Wildman–Crippen MR) is 129 cm³/mol. The third kappa shape index (κ3) is 5.28. The van der Waals surface area contributed by atoms with E-state index in [9.17, 15) is 22.0 Å². The summed E-state index contributed by atoms with van der Waals surface area (Å²) in [6.45, 7) is 3.00. The Morgan fingerprint density at radius 1 is 0.943 bits per heavy atom. The Kier molecular flexibility index (Phi) is 7.32. The number of para-hydroxylation sites is 3. The number of carbonyl (C=O) groups is 1. The molecule has 3 aromatic rings. The number of halogens is 2. The van der Waals surface area contributed by atoms with Crippen LogP contribution in [-0.2, 0) is 10.0 Å². The van der Waals surface area contributed by atoms with Gasteiger partial charge in [0.1, 0.15) is 17.4 Å². The molecule has 1 aliphatic rings. The Hall–Kier alpha value is -3.50. The SMILES string of the molecule is CCOc1ccccc1NC(=O)c1cc(S(=O)(=O)N2CCN(c3ccccc3F)CC2)ccc1F. The summed E-state index contributed by atoms with van der Waals surface area (Å²) in [5.41, 5.74) is 0.358. The Morgan fingerprint density at radius 3 is 2.34 bits per heavy atom. The van der Waals surface area contributed by atoms with Crippen LogP contribution in [0.15, 0.2) is 71.6 Å². The smallest absolute Gasteiger partial charge is 0.258 e. The number of nitrogens with one attached hydrogen (secondary N) is 1. The van der Waals surface area contributed by atoms with Crippen LogP contribution in [0.25, 0.3) is 0 Å². The molecule has 0 atom stereocenters. The van der Waals surface area contributed by atoms with E-state index in [0.717, 1.165) is 18.2 Å². The first kappa shape index (κ1) is 24.6. The summed E-state index contributed by atoms with van der Waals surface area (Å²) in [7, 11) is -4.00. The normalized spacial score (nSPS) is 14.5. The second-order valence-corrected chi connectivity index (χ2v) is 9.81. The molecule has 0 bridgehead atoms. The molecule has 1 aliphatic heterocycles. The summed E-state index contributed by atoms with van der Waals surface area (Å²) in [5, 5.41) is 2.59. The van der Waals surface area contributed by atoms with Crippen molar-refractivity contribution in [3.63, 3.8) is 0 Å². The van der Waals surface area contributed by atoms with Crippen LogP contribution in [0, 0.1) is 11.6 Å². The van der Waals surface area contributed by atoms with Crippen molar-refractivity contribution >= 4 is 27.3 Å². The number of nitrogens with zero attached hydrogens (tertiary/aromatic N) is 2. The highest BCUT2D eigenvalue weighted by Gasteiger charge is 2.30. The van der Waals surface area contributed by atoms with Crippen LogP contribution >= 0.6 is 0 Å². The fraction of sp³-hybridized carbons (Fsp3) is 0.240. The maximum Gasteiger partial charge on any atom is 0.258 e. The molecule has 184 valence electrons. The van der Waals surface area contributed by atoms with Crippen molar-refractivity contribution in [1.82, 2.24) is 4.31 Å². The number of hydrogen-bond donors (Lipinski definition) is 1. The Balaban J connectivity index is 1.52. The van der Waals surface area contributed by atoms with Gasteiger partial charge in [-0.1, -0.05) is 24.3 Å². The molecule has 1 N–H and O–H groups in total. The molecular formula is C25H25F2N3O4S. The van der Waals surface area contributed by atoms with Gasteiger partial charge in [0.05, 0.1) is 28.4 Å². The zero-order valence-corrected chi connectivity index (χ0v) is 19.9. The monoisotopic (exact) mass is 501 g/mol. The third-order valence-corrected chi connectivity index (χ3v) is 7.58. The first-order valence-corrected chi connectivity index (χ1v) is 12.6. The summed E-state index contributed by atoms with van der Waals surface area (Å²) in [6.07, 6.45) is 0. The lowest BCUT2D eigenvalue weighted by Gasteiger charge is -2.35. The third-order valence-electron chi connectivity index (χ3n) is 5.69. The van der Waals surface area contributed by atoms with E-state index in [4.69, 9.17) is 4.74 Å². The molecule has 3 aromatic carbocycles. The molecule has 0 radical (unpaired) electrons. The average molecular weight is 502 g/mol. The van der Waals surface area contributed by atoms with Gasteiger partial charge >= 0.3 is 0 Å². The topological polar surface area (TPSA) is 78.9 Å². The van der Waals surface area contributed by atoms with Crippen molar-refractivity contribution in [3.05, 3.63) is 83.9 Å². The van der Waals surface area contributed by atoms with Crippen LogP contribution in [0.2, 0.25) is 0 Å². The summed E-state index contributed by atoms with van der Waals surface area (Å²) in [6, 6.07) is 16.2. The number of amides is 1. The minimum Gasteiger partial charge on any atom is -0.492 e. The van der Waals surface area contributed by atoms with E-state index in [1.807, 2.05) is 0 Å². The lowest BCUT2D eigenvalue weighted by molar-refractivity contribution is 0.102. The number of benzene rings is 3. The van der Waals surface area contributed by atoms with Crippen molar-refractivity contribution < 1.29 is 26.7 Å². The lowest BCUT2D eigenvalue weighted by atomic mass is 10.2. The molecule has 4 rings (SSSR count).